The van der Waals surface area contributed by atoms with Crippen molar-refractivity contribution in [2.24, 2.45) is 15.9 Å². The molecule has 11 heteroatoms. The zero-order valence-electron chi connectivity index (χ0n) is 23.9. The highest BCUT2D eigenvalue weighted by Crippen LogP contribution is 2.32. The molecule has 0 saturated carbocycles. The quantitative estimate of drug-likeness (QED) is 0.227. The number of hydrogen-bond donors (Lipinski definition) is 1. The summed E-state index contributed by atoms with van der Waals surface area (Å²) in [4.78, 5) is 31.5. The summed E-state index contributed by atoms with van der Waals surface area (Å²) in [5.74, 6) is 1.02. The Bertz CT molecular complexity index is 1300. The molecule has 220 valence electrons. The monoisotopic (exact) mass is 600 g/mol. The molecule has 2 aliphatic rings. The van der Waals surface area contributed by atoms with Crippen molar-refractivity contribution in [3.8, 4) is 17.1 Å². The number of halogens is 2. The van der Waals surface area contributed by atoms with Crippen LogP contribution in [0, 0.1) is 12.8 Å². The van der Waals surface area contributed by atoms with E-state index in [1.54, 1.807) is 12.3 Å². The van der Waals surface area contributed by atoms with Crippen LogP contribution < -0.4 is 4.74 Å². The molecule has 1 aromatic heterocycles. The summed E-state index contributed by atoms with van der Waals surface area (Å²) in [6.07, 6.45) is 3.51. The number of pyridine rings is 1. The Balaban J connectivity index is 1.60. The third kappa shape index (κ3) is 8.75. The lowest BCUT2D eigenvalue weighted by Gasteiger charge is -2.33. The molecule has 1 aromatic carbocycles. The number of ether oxygens (including phenoxy) is 1. The number of likely N-dealkylation sites (N-methyl/N-ethyl adjacent to an activating group) is 1. The van der Waals surface area contributed by atoms with Crippen LogP contribution in [0.3, 0.4) is 0 Å². The molecule has 41 heavy (non-hydrogen) atoms. The van der Waals surface area contributed by atoms with E-state index in [0.29, 0.717) is 28.2 Å². The predicted octanol–water partition coefficient (Wildman–Crippen LogP) is 5.59. The van der Waals surface area contributed by atoms with Gasteiger partial charge >= 0.3 is 5.97 Å². The Labute approximate surface area is 252 Å². The van der Waals surface area contributed by atoms with Crippen molar-refractivity contribution in [1.82, 2.24) is 19.7 Å². The molecule has 0 spiro atoms. The van der Waals surface area contributed by atoms with Crippen LogP contribution >= 0.6 is 23.2 Å². The molecule has 0 aliphatic carbocycles. The van der Waals surface area contributed by atoms with E-state index in [1.165, 1.54) is 0 Å². The van der Waals surface area contributed by atoms with E-state index < -0.39 is 5.97 Å². The average Bonchev–Trinajstić information content (AvgIpc) is 2.93. The first-order chi connectivity index (χ1) is 19.6. The van der Waals surface area contributed by atoms with Gasteiger partial charge in [-0.05, 0) is 89.3 Å². The summed E-state index contributed by atoms with van der Waals surface area (Å²) in [5, 5.41) is 10.2. The number of likely N-dealkylation sites (tertiary alicyclic amines) is 1. The fraction of sp³-hybridized carbons (Fsp3) is 0.467. The first-order valence-electron chi connectivity index (χ1n) is 13.8. The number of aliphatic imine (C=N–C) groups is 2. The highest BCUT2D eigenvalue weighted by molar-refractivity contribution is 6.35. The largest absolute Gasteiger partial charge is 0.481 e. The molecule has 1 N–H and O–H groups in total. The number of aromatic nitrogens is 1. The van der Waals surface area contributed by atoms with Crippen LogP contribution in [0.4, 0.5) is 0 Å². The molecule has 2 saturated heterocycles. The molecule has 4 rings (SSSR count). The van der Waals surface area contributed by atoms with Gasteiger partial charge in [0.2, 0.25) is 11.8 Å². The van der Waals surface area contributed by atoms with E-state index in [2.05, 4.69) is 38.4 Å². The summed E-state index contributed by atoms with van der Waals surface area (Å²) < 4.78 is 6.20. The molecule has 2 aliphatic heterocycles. The van der Waals surface area contributed by atoms with E-state index >= 15 is 0 Å². The number of carboxylic acids is 1. The Kier molecular flexibility index (Phi) is 10.8. The summed E-state index contributed by atoms with van der Waals surface area (Å²) in [5.41, 5.74) is 3.36. The van der Waals surface area contributed by atoms with Gasteiger partial charge in [0.1, 0.15) is 5.84 Å². The highest BCUT2D eigenvalue weighted by Gasteiger charge is 2.23. The van der Waals surface area contributed by atoms with Crippen molar-refractivity contribution < 1.29 is 14.6 Å². The number of carboxylic acid groups (broad SMARTS) is 1. The Morgan fingerprint density at radius 2 is 1.78 bits per heavy atom. The zero-order chi connectivity index (χ0) is 29.5. The normalized spacial score (nSPS) is 18.0. The number of rotatable bonds is 9. The number of piperazine rings is 1. The van der Waals surface area contributed by atoms with Gasteiger partial charge in [-0.25, -0.2) is 15.0 Å². The number of amidine groups is 1. The van der Waals surface area contributed by atoms with Crippen LogP contribution in [0.5, 0.6) is 5.88 Å². The van der Waals surface area contributed by atoms with Crippen LogP contribution in [0.1, 0.15) is 37.3 Å². The maximum absolute atomic E-state index is 11.1. The van der Waals surface area contributed by atoms with Gasteiger partial charge in [-0.2, -0.15) is 0 Å². The molecule has 2 fully saturated rings. The molecule has 0 amide bonds. The van der Waals surface area contributed by atoms with E-state index in [9.17, 15) is 4.79 Å². The molecule has 0 radical (unpaired) electrons. The molecule has 0 bridgehead atoms. The van der Waals surface area contributed by atoms with Gasteiger partial charge in [0.05, 0.1) is 11.9 Å². The lowest BCUT2D eigenvalue weighted by molar-refractivity contribution is -0.138. The Hall–Kier alpha value is -2.98. The van der Waals surface area contributed by atoms with Gasteiger partial charge in [0.15, 0.2) is 0 Å². The van der Waals surface area contributed by atoms with E-state index in [1.807, 2.05) is 32.0 Å². The van der Waals surface area contributed by atoms with Gasteiger partial charge in [0.25, 0.3) is 0 Å². The topological polar surface area (TPSA) is 93.9 Å². The SMILES string of the molecule is C=N/C(=C\N=C(C)N1CCN(C)CC1)Oc1nc(-c2cc(Cl)cc(Cl)c2)cc(CN2CCC(CC(=O)O)CC2)c1C. The van der Waals surface area contributed by atoms with Crippen molar-refractivity contribution in [2.45, 2.75) is 39.7 Å². The Morgan fingerprint density at radius 3 is 2.39 bits per heavy atom. The van der Waals surface area contributed by atoms with Crippen molar-refractivity contribution in [3.63, 3.8) is 0 Å². The standard InChI is InChI=1S/C30H38Cl2N6O3/c1-20-24(19-37-7-5-22(6-8-37)13-29(39)40)16-27(23-14-25(31)17-26(32)15-23)35-30(20)41-28(33-3)18-34-21(2)38-11-9-36(4)10-12-38/h14-18,22H,3,5-13,19H2,1-2,4H3,(H,39,40)/b28-18+,34-21?. The molecule has 0 atom stereocenters. The van der Waals surface area contributed by atoms with Crippen LogP contribution in [-0.2, 0) is 11.3 Å². The van der Waals surface area contributed by atoms with Crippen molar-refractivity contribution in [2.75, 3.05) is 46.3 Å². The number of aliphatic carboxylic acids is 1. The van der Waals surface area contributed by atoms with Crippen molar-refractivity contribution >= 4 is 41.7 Å². The van der Waals surface area contributed by atoms with E-state index in [-0.39, 0.29) is 18.2 Å². The van der Waals surface area contributed by atoms with Gasteiger partial charge in [0, 0.05) is 60.3 Å². The highest BCUT2D eigenvalue weighted by atomic mass is 35.5. The molecule has 9 nitrogen and oxygen atoms in total. The van der Waals surface area contributed by atoms with Crippen molar-refractivity contribution in [1.29, 1.82) is 0 Å². The smallest absolute Gasteiger partial charge is 0.303 e. The van der Waals surface area contributed by atoms with Crippen molar-refractivity contribution in [3.05, 3.63) is 57.5 Å². The molecular formula is C30H38Cl2N6O3. The van der Waals surface area contributed by atoms with E-state index in [0.717, 1.165) is 74.6 Å². The maximum Gasteiger partial charge on any atom is 0.303 e. The third-order valence-corrected chi connectivity index (χ3v) is 8.17. The molecular weight excluding hydrogens is 563 g/mol. The number of hydrogen-bond acceptors (Lipinski definition) is 7. The zero-order valence-corrected chi connectivity index (χ0v) is 25.5. The minimum absolute atomic E-state index is 0.214. The average molecular weight is 602 g/mol. The fourth-order valence-electron chi connectivity index (χ4n) is 5.14. The number of benzene rings is 1. The molecule has 3 heterocycles. The molecule has 0 unspecified atom stereocenters. The van der Waals surface area contributed by atoms with Crippen LogP contribution in [-0.4, -0.2) is 89.6 Å². The molecule has 2 aromatic rings. The van der Waals surface area contributed by atoms with E-state index in [4.69, 9.17) is 38.0 Å². The van der Waals surface area contributed by atoms with Crippen LogP contribution in [0.15, 0.2) is 46.3 Å². The summed E-state index contributed by atoms with van der Waals surface area (Å²) in [6, 6.07) is 7.36. The van der Waals surface area contributed by atoms with Crippen LogP contribution in [0.2, 0.25) is 10.0 Å². The lowest BCUT2D eigenvalue weighted by atomic mass is 9.93. The second-order valence-electron chi connectivity index (χ2n) is 10.8. The minimum Gasteiger partial charge on any atom is -0.481 e. The van der Waals surface area contributed by atoms with Gasteiger partial charge < -0.3 is 19.6 Å². The van der Waals surface area contributed by atoms with Gasteiger partial charge in [-0.15, -0.1) is 0 Å². The fourth-order valence-corrected chi connectivity index (χ4v) is 5.67. The first-order valence-corrected chi connectivity index (χ1v) is 14.6. The number of carbonyl (C=O) groups is 1. The van der Waals surface area contributed by atoms with Gasteiger partial charge in [-0.1, -0.05) is 23.2 Å². The minimum atomic E-state index is -0.734. The summed E-state index contributed by atoms with van der Waals surface area (Å²) >= 11 is 12.6. The summed E-state index contributed by atoms with van der Waals surface area (Å²) in [6.45, 7) is 13.8. The number of piperidine rings is 1. The maximum atomic E-state index is 11.1. The lowest BCUT2D eigenvalue weighted by Crippen LogP contribution is -2.46. The second kappa shape index (κ2) is 14.3. The second-order valence-corrected chi connectivity index (χ2v) is 11.6. The Morgan fingerprint density at radius 1 is 1.12 bits per heavy atom. The predicted molar refractivity (Wildman–Crippen MR) is 165 cm³/mol. The third-order valence-electron chi connectivity index (χ3n) is 7.74. The summed E-state index contributed by atoms with van der Waals surface area (Å²) in [7, 11) is 2.12. The number of nitrogens with zero attached hydrogens (tertiary/aromatic N) is 6. The van der Waals surface area contributed by atoms with Crippen LogP contribution in [0.25, 0.3) is 11.3 Å². The first kappa shape index (κ1) is 31.0. The van der Waals surface area contributed by atoms with Gasteiger partial charge in [-0.3, -0.25) is 9.69 Å².